The standard InChI is InChI=1S/C21H19N3O2S/c25-21-20-16(9-18(27-20)14-10-22-23-11-14)15-7-4-8-17(19(15)24-21)26-12-13-5-2-1-3-6-13/h1-3,5-6,9-11,17H,4,7-8,12H2,(H,22,23)(H,24,25). The van der Waals surface area contributed by atoms with Gasteiger partial charge in [-0.1, -0.05) is 30.3 Å². The highest BCUT2D eigenvalue weighted by molar-refractivity contribution is 7.22. The summed E-state index contributed by atoms with van der Waals surface area (Å²) < 4.78 is 6.98. The maximum absolute atomic E-state index is 12.7. The van der Waals surface area contributed by atoms with E-state index in [2.05, 4.69) is 33.4 Å². The van der Waals surface area contributed by atoms with Crippen molar-refractivity contribution < 1.29 is 4.74 Å². The molecule has 0 spiro atoms. The number of benzene rings is 1. The van der Waals surface area contributed by atoms with Crippen molar-refractivity contribution in [2.45, 2.75) is 32.0 Å². The summed E-state index contributed by atoms with van der Waals surface area (Å²) >= 11 is 1.52. The number of aromatic amines is 2. The number of thiophene rings is 1. The van der Waals surface area contributed by atoms with Crippen molar-refractivity contribution in [3.8, 4) is 10.4 Å². The fourth-order valence-corrected chi connectivity index (χ4v) is 4.86. The van der Waals surface area contributed by atoms with Crippen LogP contribution in [0.1, 0.15) is 35.8 Å². The van der Waals surface area contributed by atoms with Gasteiger partial charge in [-0.3, -0.25) is 9.89 Å². The molecule has 5 rings (SSSR count). The van der Waals surface area contributed by atoms with E-state index in [-0.39, 0.29) is 11.7 Å². The highest BCUT2D eigenvalue weighted by atomic mass is 32.1. The van der Waals surface area contributed by atoms with Gasteiger partial charge in [0.25, 0.3) is 5.56 Å². The number of ether oxygens (including phenoxy) is 1. The lowest BCUT2D eigenvalue weighted by molar-refractivity contribution is 0.0253. The van der Waals surface area contributed by atoms with Gasteiger partial charge >= 0.3 is 0 Å². The van der Waals surface area contributed by atoms with Gasteiger partial charge in [-0.15, -0.1) is 11.3 Å². The van der Waals surface area contributed by atoms with E-state index in [1.54, 1.807) is 6.20 Å². The minimum absolute atomic E-state index is 0.0290. The van der Waals surface area contributed by atoms with E-state index in [0.29, 0.717) is 6.61 Å². The second-order valence-corrected chi connectivity index (χ2v) is 7.92. The fraction of sp³-hybridized carbons (Fsp3) is 0.238. The van der Waals surface area contributed by atoms with Gasteiger partial charge in [0.15, 0.2) is 0 Å². The Balaban J connectivity index is 1.53. The molecule has 0 saturated heterocycles. The molecule has 1 aliphatic carbocycles. The van der Waals surface area contributed by atoms with Gasteiger partial charge in [0.2, 0.25) is 0 Å². The maximum Gasteiger partial charge on any atom is 0.266 e. The number of aryl methyl sites for hydroxylation is 1. The summed E-state index contributed by atoms with van der Waals surface area (Å²) in [4.78, 5) is 16.9. The van der Waals surface area contributed by atoms with Gasteiger partial charge < -0.3 is 9.72 Å². The lowest BCUT2D eigenvalue weighted by atomic mass is 9.91. The Morgan fingerprint density at radius 1 is 1.26 bits per heavy atom. The normalized spacial score (nSPS) is 16.5. The Hall–Kier alpha value is -2.70. The van der Waals surface area contributed by atoms with Crippen molar-refractivity contribution in [1.82, 2.24) is 15.2 Å². The molecule has 0 fully saturated rings. The van der Waals surface area contributed by atoms with Crippen molar-refractivity contribution in [3.05, 3.63) is 76.0 Å². The molecule has 2 N–H and O–H groups in total. The summed E-state index contributed by atoms with van der Waals surface area (Å²) in [5, 5.41) is 7.92. The van der Waals surface area contributed by atoms with E-state index in [1.165, 1.54) is 16.9 Å². The molecule has 3 heterocycles. The Morgan fingerprint density at radius 2 is 2.15 bits per heavy atom. The van der Waals surface area contributed by atoms with Crippen molar-refractivity contribution in [3.63, 3.8) is 0 Å². The average molecular weight is 377 g/mol. The number of hydrogen-bond donors (Lipinski definition) is 2. The van der Waals surface area contributed by atoms with Gasteiger partial charge in [0, 0.05) is 22.0 Å². The first-order valence-electron chi connectivity index (χ1n) is 9.13. The van der Waals surface area contributed by atoms with E-state index in [1.807, 2.05) is 24.4 Å². The highest BCUT2D eigenvalue weighted by Crippen LogP contribution is 2.39. The SMILES string of the molecule is O=c1[nH]c2c(c3cc(-c4cn[nH]c4)sc13)CCCC2OCc1ccccc1. The summed E-state index contributed by atoms with van der Waals surface area (Å²) in [5.74, 6) is 0. The van der Waals surface area contributed by atoms with Gasteiger partial charge in [0.05, 0.1) is 24.6 Å². The first-order chi connectivity index (χ1) is 13.3. The maximum atomic E-state index is 12.7. The summed E-state index contributed by atoms with van der Waals surface area (Å²) in [5.41, 5.74) is 4.30. The number of rotatable bonds is 4. The molecule has 3 aromatic heterocycles. The van der Waals surface area contributed by atoms with Crippen LogP contribution in [0.4, 0.5) is 0 Å². The minimum atomic E-state index is -0.0664. The predicted octanol–water partition coefficient (Wildman–Crippen LogP) is 4.57. The zero-order chi connectivity index (χ0) is 18.2. The molecule has 1 unspecified atom stereocenters. The number of H-pyrrole nitrogens is 2. The molecule has 6 heteroatoms. The first-order valence-corrected chi connectivity index (χ1v) is 9.94. The molecular weight excluding hydrogens is 358 g/mol. The highest BCUT2D eigenvalue weighted by Gasteiger charge is 2.25. The van der Waals surface area contributed by atoms with Crippen LogP contribution in [0.2, 0.25) is 0 Å². The molecule has 0 radical (unpaired) electrons. The molecular formula is C21H19N3O2S. The van der Waals surface area contributed by atoms with Crippen LogP contribution < -0.4 is 5.56 Å². The third-order valence-electron chi connectivity index (χ3n) is 5.13. The number of pyridine rings is 1. The summed E-state index contributed by atoms with van der Waals surface area (Å²) in [6, 6.07) is 12.3. The van der Waals surface area contributed by atoms with Crippen LogP contribution in [0.3, 0.4) is 0 Å². The molecule has 0 aliphatic heterocycles. The first kappa shape index (κ1) is 16.5. The Morgan fingerprint density at radius 3 is 2.96 bits per heavy atom. The summed E-state index contributed by atoms with van der Waals surface area (Å²) in [7, 11) is 0. The molecule has 0 saturated carbocycles. The number of fused-ring (bicyclic) bond motifs is 3. The van der Waals surface area contributed by atoms with Crippen molar-refractivity contribution in [2.24, 2.45) is 0 Å². The number of nitrogens with zero attached hydrogens (tertiary/aromatic N) is 1. The largest absolute Gasteiger partial charge is 0.367 e. The third-order valence-corrected chi connectivity index (χ3v) is 6.31. The molecule has 1 atom stereocenters. The van der Waals surface area contributed by atoms with E-state index < -0.39 is 0 Å². The quantitative estimate of drug-likeness (QED) is 0.547. The average Bonchev–Trinajstić information content (AvgIpc) is 3.37. The zero-order valence-electron chi connectivity index (χ0n) is 14.7. The summed E-state index contributed by atoms with van der Waals surface area (Å²) in [6.45, 7) is 0.551. The predicted molar refractivity (Wildman–Crippen MR) is 107 cm³/mol. The van der Waals surface area contributed by atoms with E-state index in [0.717, 1.165) is 51.0 Å². The van der Waals surface area contributed by atoms with E-state index in [9.17, 15) is 4.79 Å². The van der Waals surface area contributed by atoms with Gasteiger partial charge in [-0.05, 0) is 36.5 Å². The molecule has 27 heavy (non-hydrogen) atoms. The molecule has 136 valence electrons. The molecule has 1 aliphatic rings. The van der Waals surface area contributed by atoms with Crippen molar-refractivity contribution in [1.29, 1.82) is 0 Å². The van der Waals surface area contributed by atoms with E-state index >= 15 is 0 Å². The van der Waals surface area contributed by atoms with Gasteiger partial charge in [0.1, 0.15) is 4.70 Å². The lowest BCUT2D eigenvalue weighted by Crippen LogP contribution is -2.20. The lowest BCUT2D eigenvalue weighted by Gasteiger charge is -2.25. The van der Waals surface area contributed by atoms with Crippen LogP contribution in [0.25, 0.3) is 20.5 Å². The molecule has 5 nitrogen and oxygen atoms in total. The monoisotopic (exact) mass is 377 g/mol. The van der Waals surface area contributed by atoms with Crippen molar-refractivity contribution in [2.75, 3.05) is 0 Å². The summed E-state index contributed by atoms with van der Waals surface area (Å²) in [6.07, 6.45) is 6.54. The second kappa shape index (κ2) is 6.79. The third kappa shape index (κ3) is 3.01. The van der Waals surface area contributed by atoms with E-state index in [4.69, 9.17) is 4.74 Å². The topological polar surface area (TPSA) is 70.8 Å². The van der Waals surface area contributed by atoms with Crippen LogP contribution in [-0.4, -0.2) is 15.2 Å². The molecule has 0 bridgehead atoms. The van der Waals surface area contributed by atoms with Crippen LogP contribution in [-0.2, 0) is 17.8 Å². The minimum Gasteiger partial charge on any atom is -0.367 e. The second-order valence-electron chi connectivity index (χ2n) is 6.86. The number of aromatic nitrogens is 3. The fourth-order valence-electron chi connectivity index (χ4n) is 3.80. The van der Waals surface area contributed by atoms with Crippen LogP contribution in [0, 0.1) is 0 Å². The van der Waals surface area contributed by atoms with Gasteiger partial charge in [-0.2, -0.15) is 5.10 Å². The molecule has 4 aromatic rings. The molecule has 1 aromatic carbocycles. The Bertz CT molecular complexity index is 1130. The van der Waals surface area contributed by atoms with Crippen LogP contribution in [0.15, 0.2) is 53.6 Å². The Kier molecular flexibility index (Phi) is 4.14. The van der Waals surface area contributed by atoms with Crippen molar-refractivity contribution >= 4 is 21.4 Å². The number of hydrogen-bond acceptors (Lipinski definition) is 4. The zero-order valence-corrected chi connectivity index (χ0v) is 15.5. The van der Waals surface area contributed by atoms with Crippen LogP contribution >= 0.6 is 11.3 Å². The smallest absolute Gasteiger partial charge is 0.266 e. The molecule has 0 amide bonds. The Labute approximate surface area is 160 Å². The van der Waals surface area contributed by atoms with Gasteiger partial charge in [-0.25, -0.2) is 0 Å². The number of nitrogens with one attached hydrogen (secondary N) is 2. The van der Waals surface area contributed by atoms with Crippen LogP contribution in [0.5, 0.6) is 0 Å².